The van der Waals surface area contributed by atoms with Crippen LogP contribution in [0, 0.1) is 22.7 Å². The van der Waals surface area contributed by atoms with Crippen LogP contribution in [0.3, 0.4) is 0 Å². The fourth-order valence-electron chi connectivity index (χ4n) is 7.16. The maximum absolute atomic E-state index is 17.2. The van der Waals surface area contributed by atoms with E-state index in [1.165, 1.54) is 12.2 Å². The van der Waals surface area contributed by atoms with E-state index >= 15 is 4.39 Å². The second-order valence-corrected chi connectivity index (χ2v) is 12.0. The van der Waals surface area contributed by atoms with Crippen molar-refractivity contribution in [1.29, 1.82) is 0 Å². The predicted molar refractivity (Wildman–Crippen MR) is 119 cm³/mol. The standard InChI is InChI=1S/C25H30F2O5Se/c1-5-20(30)32-25(21(31)33-13-26)14(2)10-18-17-7-6-15-11-16(28)8-9-22(15,3)24(17,27)19(29)12-23(18,25)4/h8-9,11,17-19,29H,2,5-7,10,12-13H2,1,3-4H3/t17-,18-,19-,22-,23-,24-,25-/m0/s1. The quantitative estimate of drug-likeness (QED) is 0.337. The van der Waals surface area contributed by atoms with Crippen LogP contribution in [-0.2, 0) is 19.1 Å². The third kappa shape index (κ3) is 2.99. The van der Waals surface area contributed by atoms with E-state index in [4.69, 9.17) is 4.74 Å². The van der Waals surface area contributed by atoms with Gasteiger partial charge in [-0.1, -0.05) is 0 Å². The molecule has 0 aromatic carbocycles. The summed E-state index contributed by atoms with van der Waals surface area (Å²) in [6, 6.07) is 0. The number of carbonyl (C=O) groups is 3. The molecule has 0 heterocycles. The number of alkyl halides is 2. The molecule has 0 bridgehead atoms. The number of esters is 1. The fraction of sp³-hybridized carbons (Fsp3) is 0.640. The van der Waals surface area contributed by atoms with E-state index in [-0.39, 0.29) is 25.0 Å². The zero-order valence-electron chi connectivity index (χ0n) is 19.2. The summed E-state index contributed by atoms with van der Waals surface area (Å²) in [5.74, 6) is -1.90. The Morgan fingerprint density at radius 1 is 1.33 bits per heavy atom. The summed E-state index contributed by atoms with van der Waals surface area (Å²) in [5, 5.41) is 11.4. The molecule has 4 aliphatic carbocycles. The van der Waals surface area contributed by atoms with Crippen molar-refractivity contribution in [3.05, 3.63) is 36.0 Å². The average molecular weight is 527 g/mol. The van der Waals surface area contributed by atoms with Crippen LogP contribution in [0.1, 0.15) is 52.9 Å². The molecular formula is C25H30F2O5Se. The van der Waals surface area contributed by atoms with Crippen molar-refractivity contribution < 1.29 is 33.0 Å². The molecule has 0 radical (unpaired) electrons. The van der Waals surface area contributed by atoms with Gasteiger partial charge in [-0.3, -0.25) is 0 Å². The number of fused-ring (bicyclic) bond motifs is 5. The summed E-state index contributed by atoms with van der Waals surface area (Å²) in [4.78, 5) is 37.8. The Labute approximate surface area is 198 Å². The van der Waals surface area contributed by atoms with Gasteiger partial charge >= 0.3 is 199 Å². The summed E-state index contributed by atoms with van der Waals surface area (Å²) in [6.45, 7) is 9.15. The van der Waals surface area contributed by atoms with Gasteiger partial charge in [-0.25, -0.2) is 0 Å². The van der Waals surface area contributed by atoms with Crippen LogP contribution in [0.4, 0.5) is 8.78 Å². The molecule has 0 aliphatic heterocycles. The molecule has 0 spiro atoms. The molecule has 3 fully saturated rings. The minimum atomic E-state index is -2.07. The molecule has 0 amide bonds. The van der Waals surface area contributed by atoms with Gasteiger partial charge in [-0.2, -0.15) is 0 Å². The molecule has 8 heteroatoms. The number of allylic oxidation sites excluding steroid dienone is 4. The third-order valence-electron chi connectivity index (χ3n) is 8.83. The molecular weight excluding hydrogens is 497 g/mol. The first-order chi connectivity index (χ1) is 15.4. The first-order valence-corrected chi connectivity index (χ1v) is 13.4. The summed E-state index contributed by atoms with van der Waals surface area (Å²) < 4.78 is 35.8. The molecule has 7 atom stereocenters. The average Bonchev–Trinajstić information content (AvgIpc) is 2.97. The van der Waals surface area contributed by atoms with Crippen LogP contribution in [-0.4, -0.2) is 59.4 Å². The number of hydrogen-bond acceptors (Lipinski definition) is 5. The Hall–Kier alpha value is -1.63. The summed E-state index contributed by atoms with van der Waals surface area (Å²) in [7, 11) is 0. The Balaban J connectivity index is 1.85. The number of carbonyl (C=O) groups excluding carboxylic acids is 3. The van der Waals surface area contributed by atoms with Crippen molar-refractivity contribution in [3.8, 4) is 0 Å². The number of ether oxygens (including phenoxy) is 1. The topological polar surface area (TPSA) is 80.7 Å². The molecule has 0 aromatic heterocycles. The number of aliphatic hydroxyl groups excluding tert-OH is 1. The van der Waals surface area contributed by atoms with Gasteiger partial charge in [-0.15, -0.1) is 0 Å². The van der Waals surface area contributed by atoms with Crippen LogP contribution < -0.4 is 0 Å². The van der Waals surface area contributed by atoms with Crippen molar-refractivity contribution >= 4 is 31.4 Å². The van der Waals surface area contributed by atoms with Crippen LogP contribution in [0.2, 0.25) is 0 Å². The Kier molecular flexibility index (Phi) is 5.91. The van der Waals surface area contributed by atoms with Crippen LogP contribution >= 0.6 is 0 Å². The van der Waals surface area contributed by atoms with E-state index in [0.717, 1.165) is 0 Å². The van der Waals surface area contributed by atoms with Gasteiger partial charge in [0, 0.05) is 0 Å². The van der Waals surface area contributed by atoms with Crippen molar-refractivity contribution in [3.63, 3.8) is 0 Å². The summed E-state index contributed by atoms with van der Waals surface area (Å²) in [5.41, 5.74) is -5.96. The SMILES string of the molecule is C=C1C[C@H]2[C@@H]3CCC4=CC(=O)C=C[C@]4(C)[C@@]3(F)[C@@H](O)C[C@]2(C)[C@@]1(OC(=O)CC)C(=O)[Se]CF. The third-order valence-corrected chi connectivity index (χ3v) is 10.2. The van der Waals surface area contributed by atoms with E-state index in [1.54, 1.807) is 26.8 Å². The number of aliphatic hydroxyl groups is 1. The Bertz CT molecular complexity index is 991. The normalized spacial score (nSPS) is 43.9. The first-order valence-electron chi connectivity index (χ1n) is 11.4. The second kappa shape index (κ2) is 7.96. The maximum atomic E-state index is 17.2. The number of rotatable bonds is 5. The van der Waals surface area contributed by atoms with E-state index in [2.05, 4.69) is 6.58 Å². The fourth-order valence-corrected chi connectivity index (χ4v) is 8.67. The van der Waals surface area contributed by atoms with E-state index in [9.17, 15) is 23.9 Å². The van der Waals surface area contributed by atoms with Crippen LogP contribution in [0.25, 0.3) is 0 Å². The van der Waals surface area contributed by atoms with Gasteiger partial charge in [0.15, 0.2) is 0 Å². The molecule has 0 saturated heterocycles. The van der Waals surface area contributed by atoms with E-state index in [0.29, 0.717) is 24.0 Å². The Morgan fingerprint density at radius 3 is 2.67 bits per heavy atom. The number of hydrogen-bond donors (Lipinski definition) is 1. The van der Waals surface area contributed by atoms with Gasteiger partial charge in [0.1, 0.15) is 0 Å². The molecule has 3 saturated carbocycles. The molecule has 0 aromatic rings. The molecule has 4 aliphatic rings. The molecule has 0 unspecified atom stereocenters. The number of ketones is 1. The molecule has 33 heavy (non-hydrogen) atoms. The summed E-state index contributed by atoms with van der Waals surface area (Å²) in [6.07, 6.45) is 3.90. The van der Waals surface area contributed by atoms with Crippen molar-refractivity contribution in [2.75, 3.05) is 5.57 Å². The molecule has 1 N–H and O–H groups in total. The molecule has 180 valence electrons. The predicted octanol–water partition coefficient (Wildman–Crippen LogP) is 3.37. The minimum absolute atomic E-state index is 0.0236. The zero-order valence-corrected chi connectivity index (χ0v) is 20.9. The van der Waals surface area contributed by atoms with Gasteiger partial charge in [0.05, 0.1) is 0 Å². The van der Waals surface area contributed by atoms with Gasteiger partial charge in [0.25, 0.3) is 0 Å². The molecule has 4 rings (SSSR count). The second-order valence-electron chi connectivity index (χ2n) is 10.1. The number of halogens is 2. The van der Waals surface area contributed by atoms with Crippen molar-refractivity contribution in [2.24, 2.45) is 22.7 Å². The zero-order chi connectivity index (χ0) is 24.4. The van der Waals surface area contributed by atoms with Crippen LogP contribution in [0.5, 0.6) is 0 Å². The van der Waals surface area contributed by atoms with E-state index < -0.39 is 71.2 Å². The van der Waals surface area contributed by atoms with Gasteiger partial charge in [-0.05, 0) is 0 Å². The van der Waals surface area contributed by atoms with Gasteiger partial charge in [0.2, 0.25) is 0 Å². The first kappa shape index (κ1) is 24.5. The molecule has 5 nitrogen and oxygen atoms in total. The Morgan fingerprint density at radius 2 is 2.03 bits per heavy atom. The van der Waals surface area contributed by atoms with Crippen molar-refractivity contribution in [1.82, 2.24) is 0 Å². The summed E-state index contributed by atoms with van der Waals surface area (Å²) >= 11 is -1.09. The van der Waals surface area contributed by atoms with Gasteiger partial charge < -0.3 is 0 Å². The van der Waals surface area contributed by atoms with Crippen LogP contribution in [0.15, 0.2) is 36.0 Å². The monoisotopic (exact) mass is 528 g/mol. The van der Waals surface area contributed by atoms with Crippen molar-refractivity contribution in [2.45, 2.75) is 70.2 Å². The van der Waals surface area contributed by atoms with E-state index in [1.807, 2.05) is 0 Å².